The summed E-state index contributed by atoms with van der Waals surface area (Å²) in [4.78, 5) is 8.21. The minimum Gasteiger partial charge on any atom is -0.239 e. The predicted octanol–water partition coefficient (Wildman–Crippen LogP) is 3.15. The largest absolute Gasteiger partial charge is 0.239 e. The smallest absolute Gasteiger partial charge is 0.146 e. The molecule has 0 radical (unpaired) electrons. The lowest BCUT2D eigenvalue weighted by molar-refractivity contribution is 1.02. The molecule has 0 saturated heterocycles. The molecule has 0 aromatic carbocycles. The summed E-state index contributed by atoms with van der Waals surface area (Å²) in [6.45, 7) is 2.10. The quantitative estimate of drug-likeness (QED) is 0.787. The lowest BCUT2D eigenvalue weighted by Crippen LogP contribution is -1.92. The molecular weight excluding hydrogens is 260 g/mol. The molecule has 0 atom stereocenters. The van der Waals surface area contributed by atoms with Gasteiger partial charge in [0.05, 0.1) is 10.2 Å². The van der Waals surface area contributed by atoms with Gasteiger partial charge in [0, 0.05) is 6.20 Å². The topological polar surface area (TPSA) is 25.8 Å². The van der Waals surface area contributed by atoms with Crippen LogP contribution in [0.2, 0.25) is 5.15 Å². The first kappa shape index (κ1) is 10.3. The monoisotopic (exact) mass is 266 g/mol. The molecule has 0 aliphatic carbocycles. The van der Waals surface area contributed by atoms with Gasteiger partial charge in [-0.15, -0.1) is 0 Å². The van der Waals surface area contributed by atoms with Crippen molar-refractivity contribution < 1.29 is 0 Å². The minimum atomic E-state index is 0.483. The first-order chi connectivity index (χ1) is 5.74. The summed E-state index contributed by atoms with van der Waals surface area (Å²) in [5, 5.41) is 0.483. The molecule has 2 nitrogen and oxygen atoms in total. The lowest BCUT2D eigenvalue weighted by Gasteiger charge is -1.99. The van der Waals surface area contributed by atoms with Gasteiger partial charge in [0.2, 0.25) is 0 Å². The summed E-state index contributed by atoms with van der Waals surface area (Å²) in [7, 11) is 0. The molecule has 0 saturated carbocycles. The zero-order valence-corrected chi connectivity index (χ0v) is 9.71. The van der Waals surface area contributed by atoms with Gasteiger partial charge in [-0.25, -0.2) is 9.97 Å². The van der Waals surface area contributed by atoms with E-state index in [9.17, 15) is 0 Å². The van der Waals surface area contributed by atoms with Crippen LogP contribution in [0, 0.1) is 0 Å². The van der Waals surface area contributed by atoms with Crippen LogP contribution in [0.4, 0.5) is 0 Å². The predicted molar refractivity (Wildman–Crippen MR) is 56.6 cm³/mol. The van der Waals surface area contributed by atoms with Gasteiger partial charge >= 0.3 is 0 Å². The van der Waals surface area contributed by atoms with Gasteiger partial charge in [-0.1, -0.05) is 18.5 Å². The van der Waals surface area contributed by atoms with E-state index in [1.54, 1.807) is 18.0 Å². The molecule has 1 heterocycles. The van der Waals surface area contributed by atoms with Crippen LogP contribution in [-0.2, 0) is 5.75 Å². The van der Waals surface area contributed by atoms with Crippen molar-refractivity contribution in [1.82, 2.24) is 9.97 Å². The highest BCUT2D eigenvalue weighted by Gasteiger charge is 2.01. The number of nitrogens with zero attached hydrogens (tertiary/aromatic N) is 2. The van der Waals surface area contributed by atoms with E-state index < -0.39 is 0 Å². The Morgan fingerprint density at radius 1 is 1.67 bits per heavy atom. The Labute approximate surface area is 89.3 Å². The van der Waals surface area contributed by atoms with Crippen LogP contribution in [0.3, 0.4) is 0 Å². The average Bonchev–Trinajstić information content (AvgIpc) is 2.07. The lowest BCUT2D eigenvalue weighted by atomic mass is 10.6. The normalized spacial score (nSPS) is 10.2. The molecule has 0 spiro atoms. The molecule has 1 rings (SSSR count). The van der Waals surface area contributed by atoms with Gasteiger partial charge in [0.1, 0.15) is 11.0 Å². The average molecular weight is 268 g/mol. The zero-order valence-electron chi connectivity index (χ0n) is 6.55. The van der Waals surface area contributed by atoms with Crippen molar-refractivity contribution in [3.63, 3.8) is 0 Å². The molecule has 0 amide bonds. The van der Waals surface area contributed by atoms with Gasteiger partial charge in [-0.05, 0) is 21.7 Å². The molecule has 1 aromatic rings. The number of hydrogen-bond donors (Lipinski definition) is 0. The van der Waals surface area contributed by atoms with Crippen LogP contribution in [0.5, 0.6) is 0 Å². The summed E-state index contributed by atoms with van der Waals surface area (Å²) in [5.41, 5.74) is 0. The van der Waals surface area contributed by atoms with Crippen molar-refractivity contribution in [1.29, 1.82) is 0 Å². The first-order valence-electron chi connectivity index (χ1n) is 3.48. The number of halogens is 2. The Kier molecular flexibility index (Phi) is 4.32. The molecule has 12 heavy (non-hydrogen) atoms. The van der Waals surface area contributed by atoms with E-state index in [2.05, 4.69) is 32.8 Å². The van der Waals surface area contributed by atoms with Crippen molar-refractivity contribution >= 4 is 39.3 Å². The number of thioether (sulfide) groups is 1. The minimum absolute atomic E-state index is 0.483. The Hall–Kier alpha value is 0.200. The third kappa shape index (κ3) is 2.92. The molecule has 0 unspecified atom stereocenters. The van der Waals surface area contributed by atoms with E-state index in [0.29, 0.717) is 5.15 Å². The van der Waals surface area contributed by atoms with Gasteiger partial charge in [-0.2, -0.15) is 11.8 Å². The molecule has 0 aliphatic heterocycles. The molecular formula is C7H8BrClN2S. The third-order valence-electron chi connectivity index (χ3n) is 1.19. The van der Waals surface area contributed by atoms with E-state index in [0.717, 1.165) is 21.8 Å². The van der Waals surface area contributed by atoms with E-state index >= 15 is 0 Å². The highest BCUT2D eigenvalue weighted by Crippen LogP contribution is 2.19. The van der Waals surface area contributed by atoms with Crippen molar-refractivity contribution in [2.24, 2.45) is 0 Å². The summed E-state index contributed by atoms with van der Waals surface area (Å²) in [5.74, 6) is 2.68. The SMILES string of the molecule is CCSCc1ncc(Br)c(Cl)n1. The maximum Gasteiger partial charge on any atom is 0.146 e. The van der Waals surface area contributed by atoms with Crippen molar-refractivity contribution in [2.75, 3.05) is 5.75 Å². The molecule has 0 fully saturated rings. The van der Waals surface area contributed by atoms with Gasteiger partial charge in [0.25, 0.3) is 0 Å². The van der Waals surface area contributed by atoms with Crippen molar-refractivity contribution in [3.8, 4) is 0 Å². The van der Waals surface area contributed by atoms with E-state index in [-0.39, 0.29) is 0 Å². The van der Waals surface area contributed by atoms with Crippen LogP contribution >= 0.6 is 39.3 Å². The van der Waals surface area contributed by atoms with Crippen LogP contribution in [0.15, 0.2) is 10.7 Å². The molecule has 0 bridgehead atoms. The molecule has 1 aromatic heterocycles. The number of aromatic nitrogens is 2. The van der Waals surface area contributed by atoms with Gasteiger partial charge in [0.15, 0.2) is 0 Å². The second-order valence-electron chi connectivity index (χ2n) is 2.06. The van der Waals surface area contributed by atoms with Gasteiger partial charge in [-0.3, -0.25) is 0 Å². The van der Waals surface area contributed by atoms with Crippen LogP contribution < -0.4 is 0 Å². The Bertz CT molecular complexity index is 270. The summed E-state index contributed by atoms with van der Waals surface area (Å²) in [6, 6.07) is 0. The maximum absolute atomic E-state index is 5.79. The number of rotatable bonds is 3. The molecule has 66 valence electrons. The van der Waals surface area contributed by atoms with E-state index in [1.165, 1.54) is 0 Å². The molecule has 0 aliphatic rings. The first-order valence-corrected chi connectivity index (χ1v) is 5.81. The van der Waals surface area contributed by atoms with Crippen LogP contribution in [0.25, 0.3) is 0 Å². The zero-order chi connectivity index (χ0) is 8.97. The second-order valence-corrected chi connectivity index (χ2v) is 4.55. The van der Waals surface area contributed by atoms with Crippen LogP contribution in [0.1, 0.15) is 12.7 Å². The molecule has 0 N–H and O–H groups in total. The third-order valence-corrected chi connectivity index (χ3v) is 3.15. The Morgan fingerprint density at radius 3 is 3.00 bits per heavy atom. The Morgan fingerprint density at radius 2 is 2.42 bits per heavy atom. The maximum atomic E-state index is 5.79. The summed E-state index contributed by atoms with van der Waals surface area (Å²) >= 11 is 10.8. The molecule has 5 heteroatoms. The fourth-order valence-electron chi connectivity index (χ4n) is 0.643. The fraction of sp³-hybridized carbons (Fsp3) is 0.429. The highest BCUT2D eigenvalue weighted by atomic mass is 79.9. The highest BCUT2D eigenvalue weighted by molar-refractivity contribution is 9.10. The Balaban J connectivity index is 2.69. The fourth-order valence-corrected chi connectivity index (χ4v) is 1.51. The van der Waals surface area contributed by atoms with Gasteiger partial charge < -0.3 is 0 Å². The standard InChI is InChI=1S/C7H8BrClN2S/c1-2-12-4-6-10-3-5(8)7(9)11-6/h3H,2,4H2,1H3. The summed E-state index contributed by atoms with van der Waals surface area (Å²) < 4.78 is 0.745. The van der Waals surface area contributed by atoms with Crippen molar-refractivity contribution in [3.05, 3.63) is 21.6 Å². The van der Waals surface area contributed by atoms with Crippen molar-refractivity contribution in [2.45, 2.75) is 12.7 Å². The number of hydrogen-bond acceptors (Lipinski definition) is 3. The van der Waals surface area contributed by atoms with E-state index in [1.807, 2.05) is 0 Å². The van der Waals surface area contributed by atoms with E-state index in [4.69, 9.17) is 11.6 Å². The second kappa shape index (κ2) is 5.04. The summed E-state index contributed by atoms with van der Waals surface area (Å²) in [6.07, 6.45) is 1.68. The van der Waals surface area contributed by atoms with Crippen LogP contribution in [-0.4, -0.2) is 15.7 Å².